The van der Waals surface area contributed by atoms with Crippen molar-refractivity contribution < 1.29 is 9.90 Å². The van der Waals surface area contributed by atoms with Crippen molar-refractivity contribution in [1.82, 2.24) is 19.7 Å². The first kappa shape index (κ1) is 21.5. The molecule has 0 unspecified atom stereocenters. The molecule has 1 fully saturated rings. The summed E-state index contributed by atoms with van der Waals surface area (Å²) in [5, 5.41) is 19.5. The molecule has 0 radical (unpaired) electrons. The van der Waals surface area contributed by atoms with Crippen molar-refractivity contribution in [3.63, 3.8) is 0 Å². The van der Waals surface area contributed by atoms with Crippen molar-refractivity contribution in [1.29, 1.82) is 0 Å². The van der Waals surface area contributed by atoms with Gasteiger partial charge in [-0.1, -0.05) is 6.07 Å². The van der Waals surface area contributed by atoms with Crippen LogP contribution in [-0.2, 0) is 10.4 Å². The molecule has 0 aliphatic heterocycles. The van der Waals surface area contributed by atoms with Crippen LogP contribution in [-0.4, -0.2) is 30.8 Å². The number of carbonyl (C=O) groups excluding carboxylic acids is 1. The van der Waals surface area contributed by atoms with Crippen LogP contribution in [0.3, 0.4) is 0 Å². The number of amides is 1. The van der Waals surface area contributed by atoms with Gasteiger partial charge < -0.3 is 16.2 Å². The van der Waals surface area contributed by atoms with Crippen LogP contribution in [0.2, 0.25) is 0 Å². The zero-order valence-electron chi connectivity index (χ0n) is 18.0. The number of anilines is 2. The highest BCUT2D eigenvalue weighted by Gasteiger charge is 2.38. The maximum Gasteiger partial charge on any atom is 0.246 e. The Morgan fingerprint density at radius 2 is 2.03 bits per heavy atom. The third-order valence-electron chi connectivity index (χ3n) is 5.77. The molecule has 2 heterocycles. The summed E-state index contributed by atoms with van der Waals surface area (Å²) in [6.45, 7) is 6.15. The van der Waals surface area contributed by atoms with Gasteiger partial charge in [0.25, 0.3) is 0 Å². The highest BCUT2D eigenvalue weighted by atomic mass is 32.1. The number of primary amides is 1. The van der Waals surface area contributed by atoms with Gasteiger partial charge in [0.1, 0.15) is 16.9 Å². The van der Waals surface area contributed by atoms with E-state index in [0.717, 1.165) is 21.7 Å². The van der Waals surface area contributed by atoms with Crippen LogP contribution in [0.4, 0.5) is 11.6 Å². The number of nitrogens with one attached hydrogen (secondary N) is 1. The van der Waals surface area contributed by atoms with Crippen LogP contribution in [0.1, 0.15) is 56.1 Å². The number of aromatic nitrogens is 4. The lowest BCUT2D eigenvalue weighted by Gasteiger charge is -2.33. The summed E-state index contributed by atoms with van der Waals surface area (Å²) in [6.07, 6.45) is 5.70. The molecular weight excluding hydrogens is 412 g/mol. The second-order valence-corrected chi connectivity index (χ2v) is 9.62. The number of thiazole rings is 1. The molecule has 0 atom stereocenters. The SMILES string of the molecule is Cc1cc(Nc2ncn(C(C)C)n2)cc(-c2cnc([C@]3(O)CC[C@H](C(N)=O)CC3)s2)c1. The van der Waals surface area contributed by atoms with E-state index < -0.39 is 5.60 Å². The van der Waals surface area contributed by atoms with Gasteiger partial charge in [0, 0.05) is 23.8 Å². The van der Waals surface area contributed by atoms with Gasteiger partial charge in [-0.3, -0.25) is 4.79 Å². The highest BCUT2D eigenvalue weighted by Crippen LogP contribution is 2.42. The van der Waals surface area contributed by atoms with E-state index in [0.29, 0.717) is 36.6 Å². The van der Waals surface area contributed by atoms with E-state index in [1.807, 2.05) is 29.9 Å². The van der Waals surface area contributed by atoms with Gasteiger partial charge in [-0.15, -0.1) is 16.4 Å². The molecule has 9 heteroatoms. The minimum atomic E-state index is -0.993. The highest BCUT2D eigenvalue weighted by molar-refractivity contribution is 7.15. The van der Waals surface area contributed by atoms with Crippen LogP contribution in [0.15, 0.2) is 30.7 Å². The first-order chi connectivity index (χ1) is 14.7. The Morgan fingerprint density at radius 3 is 2.68 bits per heavy atom. The van der Waals surface area contributed by atoms with Crippen molar-refractivity contribution in [2.75, 3.05) is 5.32 Å². The van der Waals surface area contributed by atoms with Gasteiger partial charge in [0.15, 0.2) is 0 Å². The number of hydrogen-bond acceptors (Lipinski definition) is 7. The Morgan fingerprint density at radius 1 is 1.29 bits per heavy atom. The number of hydrogen-bond donors (Lipinski definition) is 3. The number of rotatable bonds is 6. The van der Waals surface area contributed by atoms with Crippen molar-refractivity contribution in [2.24, 2.45) is 11.7 Å². The lowest BCUT2D eigenvalue weighted by molar-refractivity contribution is -0.124. The molecule has 1 aliphatic rings. The summed E-state index contributed by atoms with van der Waals surface area (Å²) in [4.78, 5) is 21.3. The van der Waals surface area contributed by atoms with Crippen LogP contribution >= 0.6 is 11.3 Å². The second kappa shape index (κ2) is 8.39. The zero-order chi connectivity index (χ0) is 22.2. The van der Waals surface area contributed by atoms with Gasteiger partial charge >= 0.3 is 0 Å². The smallest absolute Gasteiger partial charge is 0.246 e. The molecule has 31 heavy (non-hydrogen) atoms. The molecule has 1 saturated carbocycles. The van der Waals surface area contributed by atoms with Crippen LogP contribution in [0.25, 0.3) is 10.4 Å². The van der Waals surface area contributed by atoms with E-state index in [2.05, 4.69) is 40.3 Å². The predicted octanol–water partition coefficient (Wildman–Crippen LogP) is 3.90. The maximum atomic E-state index is 11.4. The molecular formula is C22H28N6O2S. The quantitative estimate of drug-likeness (QED) is 0.535. The Kier molecular flexibility index (Phi) is 5.81. The summed E-state index contributed by atoms with van der Waals surface area (Å²) >= 11 is 1.49. The summed E-state index contributed by atoms with van der Waals surface area (Å²) in [6, 6.07) is 6.42. The lowest BCUT2D eigenvalue weighted by atomic mass is 9.79. The predicted molar refractivity (Wildman–Crippen MR) is 121 cm³/mol. The molecule has 1 amide bonds. The van der Waals surface area contributed by atoms with Gasteiger partial charge in [-0.05, 0) is 69.7 Å². The molecule has 0 bridgehead atoms. The molecule has 1 aromatic carbocycles. The topological polar surface area (TPSA) is 119 Å². The van der Waals surface area contributed by atoms with E-state index in [1.165, 1.54) is 11.3 Å². The van der Waals surface area contributed by atoms with Crippen molar-refractivity contribution in [2.45, 2.75) is 58.1 Å². The van der Waals surface area contributed by atoms with E-state index in [-0.39, 0.29) is 17.9 Å². The monoisotopic (exact) mass is 440 g/mol. The fourth-order valence-corrected chi connectivity index (χ4v) is 4.97. The van der Waals surface area contributed by atoms with Crippen LogP contribution < -0.4 is 11.1 Å². The van der Waals surface area contributed by atoms with E-state index >= 15 is 0 Å². The van der Waals surface area contributed by atoms with E-state index in [9.17, 15) is 9.90 Å². The third kappa shape index (κ3) is 4.62. The first-order valence-corrected chi connectivity index (χ1v) is 11.3. The van der Waals surface area contributed by atoms with Crippen molar-refractivity contribution in [3.05, 3.63) is 41.3 Å². The van der Waals surface area contributed by atoms with E-state index in [4.69, 9.17) is 5.73 Å². The minimum Gasteiger partial charge on any atom is -0.383 e. The standard InChI is InChI=1S/C22H28N6O2S/c1-13(2)28-12-25-21(27-28)26-17-9-14(3)8-16(10-17)18-11-24-20(31-18)22(30)6-4-15(5-7-22)19(23)29/h8-13,15,30H,4-7H2,1-3H3,(H2,23,29)(H,26,27)/t15-,22-. The summed E-state index contributed by atoms with van der Waals surface area (Å²) in [5.74, 6) is 0.114. The van der Waals surface area contributed by atoms with Crippen molar-refractivity contribution in [3.8, 4) is 10.4 Å². The Hall–Kier alpha value is -2.78. The van der Waals surface area contributed by atoms with Crippen molar-refractivity contribution >= 4 is 28.9 Å². The number of nitrogens with zero attached hydrogens (tertiary/aromatic N) is 4. The molecule has 3 aromatic rings. The Balaban J connectivity index is 1.54. The second-order valence-electron chi connectivity index (χ2n) is 8.59. The molecule has 8 nitrogen and oxygen atoms in total. The Bertz CT molecular complexity index is 1080. The Labute approximate surface area is 185 Å². The summed E-state index contributed by atoms with van der Waals surface area (Å²) in [5.41, 5.74) is 7.44. The fraction of sp³-hybridized carbons (Fsp3) is 0.455. The summed E-state index contributed by atoms with van der Waals surface area (Å²) < 4.78 is 1.81. The molecule has 2 aromatic heterocycles. The number of aliphatic hydroxyl groups is 1. The number of benzene rings is 1. The molecule has 0 spiro atoms. The molecule has 0 saturated heterocycles. The van der Waals surface area contributed by atoms with Gasteiger partial charge in [-0.25, -0.2) is 14.6 Å². The fourth-order valence-electron chi connectivity index (χ4n) is 3.92. The first-order valence-electron chi connectivity index (χ1n) is 10.5. The normalized spacial score (nSPS) is 21.4. The van der Waals surface area contributed by atoms with E-state index in [1.54, 1.807) is 6.33 Å². The lowest BCUT2D eigenvalue weighted by Crippen LogP contribution is -2.35. The largest absolute Gasteiger partial charge is 0.383 e. The maximum absolute atomic E-state index is 11.4. The summed E-state index contributed by atoms with van der Waals surface area (Å²) in [7, 11) is 0. The third-order valence-corrected chi connectivity index (χ3v) is 7.01. The average Bonchev–Trinajstić information content (AvgIpc) is 3.38. The van der Waals surface area contributed by atoms with Gasteiger partial charge in [0.05, 0.1) is 4.88 Å². The van der Waals surface area contributed by atoms with Gasteiger partial charge in [-0.2, -0.15) is 0 Å². The molecule has 4 N–H and O–H groups in total. The van der Waals surface area contributed by atoms with Gasteiger partial charge in [0.2, 0.25) is 11.9 Å². The van der Waals surface area contributed by atoms with Crippen LogP contribution in [0.5, 0.6) is 0 Å². The average molecular weight is 441 g/mol. The molecule has 1 aliphatic carbocycles. The zero-order valence-corrected chi connectivity index (χ0v) is 18.8. The molecule has 164 valence electrons. The number of aryl methyl sites for hydroxylation is 1. The number of nitrogens with two attached hydrogens (primary N) is 1. The minimum absolute atomic E-state index is 0.155. The molecule has 4 rings (SSSR count). The number of carbonyl (C=O) groups is 1. The van der Waals surface area contributed by atoms with Crippen LogP contribution in [0, 0.1) is 12.8 Å².